The summed E-state index contributed by atoms with van der Waals surface area (Å²) in [4.78, 5) is 9.90. The molecule has 6 nitrogen and oxygen atoms in total. The Morgan fingerprint density at radius 1 is 1.59 bits per heavy atom. The van der Waals surface area contributed by atoms with Gasteiger partial charge in [0, 0.05) is 6.07 Å². The largest absolute Gasteiger partial charge is 0.501 e. The van der Waals surface area contributed by atoms with Crippen LogP contribution in [0.3, 0.4) is 0 Å². The van der Waals surface area contributed by atoms with Gasteiger partial charge in [-0.05, 0) is 13.1 Å². The van der Waals surface area contributed by atoms with Gasteiger partial charge < -0.3 is 10.4 Å². The highest BCUT2D eigenvalue weighted by Gasteiger charge is 2.18. The van der Waals surface area contributed by atoms with Gasteiger partial charge in [0.05, 0.1) is 28.7 Å². The molecule has 0 saturated carbocycles. The Balaban J connectivity index is 3.32. The molecule has 0 amide bonds. The number of aromatic hydroxyl groups is 1. The molecule has 0 aliphatic carbocycles. The van der Waals surface area contributed by atoms with E-state index in [1.807, 2.05) is 0 Å². The first-order valence-electron chi connectivity index (χ1n) is 4.65. The fourth-order valence-electron chi connectivity index (χ4n) is 1.15. The molecule has 0 heterocycles. The van der Waals surface area contributed by atoms with Gasteiger partial charge in [0.1, 0.15) is 0 Å². The summed E-state index contributed by atoms with van der Waals surface area (Å²) in [5, 5.41) is 31.7. The zero-order valence-electron chi connectivity index (χ0n) is 9.02. The predicted octanol–water partition coefficient (Wildman–Crippen LogP) is 0.743. The molecular weight excluding hydrogens is 222 g/mol. The fourth-order valence-corrected chi connectivity index (χ4v) is 1.15. The van der Waals surface area contributed by atoms with Crippen LogP contribution in [0.1, 0.15) is 11.1 Å². The third-order valence-electron chi connectivity index (χ3n) is 1.90. The standard InChI is InChI=1S/C11H9N3O3/c1-13-4-2-3-9-5-8(7-12)6-10(11(9)15)14(16)17/h5-6,13,15H,4H2,1H3. The van der Waals surface area contributed by atoms with Gasteiger partial charge in [-0.25, -0.2) is 0 Å². The van der Waals surface area contributed by atoms with Crippen molar-refractivity contribution in [2.24, 2.45) is 0 Å². The minimum absolute atomic E-state index is 0.0750. The molecule has 0 radical (unpaired) electrons. The molecule has 0 aromatic heterocycles. The number of phenols is 1. The van der Waals surface area contributed by atoms with E-state index in [9.17, 15) is 15.2 Å². The Labute approximate surface area is 97.6 Å². The van der Waals surface area contributed by atoms with Gasteiger partial charge in [-0.15, -0.1) is 0 Å². The minimum atomic E-state index is -0.751. The summed E-state index contributed by atoms with van der Waals surface area (Å²) >= 11 is 0. The van der Waals surface area contributed by atoms with E-state index in [0.717, 1.165) is 6.07 Å². The van der Waals surface area contributed by atoms with Crippen LogP contribution in [0.4, 0.5) is 5.69 Å². The highest BCUT2D eigenvalue weighted by Crippen LogP contribution is 2.30. The van der Waals surface area contributed by atoms with Crippen molar-refractivity contribution in [2.75, 3.05) is 13.6 Å². The van der Waals surface area contributed by atoms with Crippen molar-refractivity contribution in [1.82, 2.24) is 5.32 Å². The third-order valence-corrected chi connectivity index (χ3v) is 1.90. The number of phenolic OH excluding ortho intramolecular Hbond substituents is 1. The number of benzene rings is 1. The van der Waals surface area contributed by atoms with Crippen LogP contribution in [0.5, 0.6) is 5.75 Å². The molecular formula is C11H9N3O3. The fraction of sp³-hybridized carbons (Fsp3) is 0.182. The summed E-state index contributed by atoms with van der Waals surface area (Å²) in [5.41, 5.74) is -0.355. The van der Waals surface area contributed by atoms with Crippen molar-refractivity contribution < 1.29 is 10.0 Å². The van der Waals surface area contributed by atoms with Gasteiger partial charge in [0.25, 0.3) is 0 Å². The molecule has 1 aromatic carbocycles. The summed E-state index contributed by atoms with van der Waals surface area (Å²) in [6.45, 7) is 0.379. The molecule has 86 valence electrons. The second-order valence-electron chi connectivity index (χ2n) is 3.09. The first kappa shape index (κ1) is 12.5. The first-order valence-corrected chi connectivity index (χ1v) is 4.65. The van der Waals surface area contributed by atoms with Crippen LogP contribution in [0.15, 0.2) is 12.1 Å². The molecule has 0 spiro atoms. The lowest BCUT2D eigenvalue weighted by Gasteiger charge is -1.99. The highest BCUT2D eigenvalue weighted by atomic mass is 16.6. The minimum Gasteiger partial charge on any atom is -0.501 e. The van der Waals surface area contributed by atoms with Gasteiger partial charge in [-0.2, -0.15) is 5.26 Å². The Hall–Kier alpha value is -2.57. The van der Waals surface area contributed by atoms with Crippen LogP contribution in [0, 0.1) is 33.3 Å². The van der Waals surface area contributed by atoms with E-state index in [1.54, 1.807) is 13.1 Å². The molecule has 0 aliphatic rings. The number of hydrogen-bond acceptors (Lipinski definition) is 5. The van der Waals surface area contributed by atoms with Crippen LogP contribution >= 0.6 is 0 Å². The first-order chi connectivity index (χ1) is 8.10. The van der Waals surface area contributed by atoms with Gasteiger partial charge in [-0.1, -0.05) is 11.8 Å². The van der Waals surface area contributed by atoms with Crippen LogP contribution in [0.2, 0.25) is 0 Å². The zero-order valence-corrected chi connectivity index (χ0v) is 9.02. The van der Waals surface area contributed by atoms with E-state index in [-0.39, 0.29) is 11.1 Å². The maximum Gasteiger partial charge on any atom is 0.313 e. The molecule has 0 unspecified atom stereocenters. The summed E-state index contributed by atoms with van der Waals surface area (Å²) in [6, 6.07) is 4.10. The van der Waals surface area contributed by atoms with Gasteiger partial charge in [0.2, 0.25) is 5.75 Å². The van der Waals surface area contributed by atoms with Crippen molar-refractivity contribution >= 4 is 5.69 Å². The van der Waals surface area contributed by atoms with Crippen molar-refractivity contribution in [3.63, 3.8) is 0 Å². The van der Waals surface area contributed by atoms with Crippen LogP contribution < -0.4 is 5.32 Å². The maximum absolute atomic E-state index is 10.6. The summed E-state index contributed by atoms with van der Waals surface area (Å²) < 4.78 is 0. The SMILES string of the molecule is CNCC#Cc1cc(C#N)cc([N+](=O)[O-])c1O. The number of nitrogens with one attached hydrogen (secondary N) is 1. The second kappa shape index (κ2) is 5.50. The van der Waals surface area contributed by atoms with Gasteiger partial charge in [0.15, 0.2) is 0 Å². The van der Waals surface area contributed by atoms with E-state index in [0.29, 0.717) is 6.54 Å². The van der Waals surface area contributed by atoms with Crippen LogP contribution in [0.25, 0.3) is 0 Å². The molecule has 2 N–H and O–H groups in total. The predicted molar refractivity (Wildman–Crippen MR) is 60.3 cm³/mol. The van der Waals surface area contributed by atoms with Gasteiger partial charge in [-0.3, -0.25) is 10.1 Å². The molecule has 0 aliphatic heterocycles. The Morgan fingerprint density at radius 3 is 2.82 bits per heavy atom. The molecule has 0 bridgehead atoms. The normalized spacial score (nSPS) is 8.94. The summed E-state index contributed by atoms with van der Waals surface area (Å²) in [7, 11) is 1.70. The van der Waals surface area contributed by atoms with Crippen LogP contribution in [-0.4, -0.2) is 23.6 Å². The van der Waals surface area contributed by atoms with Crippen LogP contribution in [-0.2, 0) is 0 Å². The van der Waals surface area contributed by atoms with Gasteiger partial charge >= 0.3 is 5.69 Å². The molecule has 0 saturated heterocycles. The number of nitriles is 1. The van der Waals surface area contributed by atoms with E-state index in [1.165, 1.54) is 6.07 Å². The summed E-state index contributed by atoms with van der Waals surface area (Å²) in [6.07, 6.45) is 0. The molecule has 17 heavy (non-hydrogen) atoms. The molecule has 6 heteroatoms. The number of rotatable bonds is 2. The van der Waals surface area contributed by atoms with E-state index in [2.05, 4.69) is 17.2 Å². The van der Waals surface area contributed by atoms with E-state index >= 15 is 0 Å². The number of hydrogen-bond donors (Lipinski definition) is 2. The van der Waals surface area contributed by atoms with E-state index in [4.69, 9.17) is 5.26 Å². The maximum atomic E-state index is 10.6. The highest BCUT2D eigenvalue weighted by molar-refractivity contribution is 5.61. The van der Waals surface area contributed by atoms with Crippen molar-refractivity contribution in [3.05, 3.63) is 33.4 Å². The molecule has 1 aromatic rings. The molecule has 1 rings (SSSR count). The number of nitro benzene ring substituents is 1. The Kier molecular flexibility index (Phi) is 4.04. The lowest BCUT2D eigenvalue weighted by Crippen LogP contribution is -2.04. The Morgan fingerprint density at radius 2 is 2.29 bits per heavy atom. The summed E-state index contributed by atoms with van der Waals surface area (Å²) in [5.74, 6) is 4.71. The number of nitro groups is 1. The van der Waals surface area contributed by atoms with Crippen molar-refractivity contribution in [3.8, 4) is 23.7 Å². The van der Waals surface area contributed by atoms with Crippen molar-refractivity contribution in [2.45, 2.75) is 0 Å². The molecule has 0 fully saturated rings. The average Bonchev–Trinajstić information content (AvgIpc) is 2.31. The van der Waals surface area contributed by atoms with Crippen molar-refractivity contribution in [1.29, 1.82) is 5.26 Å². The quantitative estimate of drug-likeness (QED) is 0.444. The number of nitrogens with zero attached hydrogens (tertiary/aromatic N) is 2. The lowest BCUT2D eigenvalue weighted by atomic mass is 10.1. The second-order valence-corrected chi connectivity index (χ2v) is 3.09. The monoisotopic (exact) mass is 231 g/mol. The van der Waals surface area contributed by atoms with E-state index < -0.39 is 16.4 Å². The Bertz CT molecular complexity index is 550. The molecule has 0 atom stereocenters. The lowest BCUT2D eigenvalue weighted by molar-refractivity contribution is -0.385. The zero-order chi connectivity index (χ0) is 12.8. The smallest absolute Gasteiger partial charge is 0.313 e. The topological polar surface area (TPSA) is 99.2 Å². The third kappa shape index (κ3) is 2.94. The average molecular weight is 231 g/mol.